The third-order valence-electron chi connectivity index (χ3n) is 2.00. The second-order valence-electron chi connectivity index (χ2n) is 3.24. The first kappa shape index (κ1) is 9.00. The zero-order valence-corrected chi connectivity index (χ0v) is 7.82. The topological polar surface area (TPSA) is 46.2 Å². The van der Waals surface area contributed by atoms with E-state index in [0.29, 0.717) is 5.92 Å². The maximum Gasteiger partial charge on any atom is 0.208 e. The minimum absolute atomic E-state index is 0.185. The smallest absolute Gasteiger partial charge is 0.208 e. The molecular formula is C7H15NO2S. The number of hydrogen-bond acceptors (Lipinski definition) is 2. The van der Waals surface area contributed by atoms with Crippen LogP contribution in [0.2, 0.25) is 0 Å². The second-order valence-corrected chi connectivity index (χ2v) is 5.02. The fraction of sp³-hybridized carbons (Fsp3) is 1.00. The van der Waals surface area contributed by atoms with E-state index in [1.807, 2.05) is 6.92 Å². The van der Waals surface area contributed by atoms with E-state index >= 15 is 0 Å². The summed E-state index contributed by atoms with van der Waals surface area (Å²) in [6.45, 7) is 2.02. The van der Waals surface area contributed by atoms with Gasteiger partial charge in [-0.15, -0.1) is 0 Å². The van der Waals surface area contributed by atoms with Crippen LogP contribution in [0.3, 0.4) is 0 Å². The fourth-order valence-electron chi connectivity index (χ4n) is 1.29. The van der Waals surface area contributed by atoms with Gasteiger partial charge in [0.1, 0.15) is 0 Å². The first-order valence-electron chi connectivity index (χ1n) is 4.00. The molecule has 0 amide bonds. The molecule has 1 aliphatic rings. The molecule has 3 nitrogen and oxygen atoms in total. The molecule has 1 N–H and O–H groups in total. The first-order chi connectivity index (χ1) is 5.03. The Morgan fingerprint density at radius 1 is 1.55 bits per heavy atom. The molecule has 0 aromatic heterocycles. The molecule has 4 heteroatoms. The van der Waals surface area contributed by atoms with E-state index < -0.39 is 10.0 Å². The molecular weight excluding hydrogens is 162 g/mol. The summed E-state index contributed by atoms with van der Waals surface area (Å²) in [5.74, 6) is 0.606. The molecule has 1 atom stereocenters. The van der Waals surface area contributed by atoms with E-state index in [1.54, 1.807) is 0 Å². The fourth-order valence-corrected chi connectivity index (χ4v) is 2.20. The van der Waals surface area contributed by atoms with Crippen molar-refractivity contribution in [3.8, 4) is 0 Å². The molecule has 1 fully saturated rings. The van der Waals surface area contributed by atoms with Crippen LogP contribution in [0, 0.1) is 5.92 Å². The summed E-state index contributed by atoms with van der Waals surface area (Å²) in [6.07, 6.45) is 4.48. The van der Waals surface area contributed by atoms with E-state index in [2.05, 4.69) is 4.72 Å². The molecule has 0 aliphatic heterocycles. The maximum absolute atomic E-state index is 10.8. The van der Waals surface area contributed by atoms with Crippen LogP contribution in [-0.4, -0.2) is 20.7 Å². The van der Waals surface area contributed by atoms with Gasteiger partial charge in [-0.3, -0.25) is 0 Å². The Labute approximate surface area is 68.2 Å². The van der Waals surface area contributed by atoms with Crippen LogP contribution in [0.4, 0.5) is 0 Å². The maximum atomic E-state index is 10.8. The van der Waals surface area contributed by atoms with Crippen LogP contribution in [0.1, 0.15) is 26.2 Å². The number of rotatable bonds is 4. The number of nitrogens with one attached hydrogen (secondary N) is 1. The second kappa shape index (κ2) is 3.11. The third kappa shape index (κ3) is 3.20. The lowest BCUT2D eigenvalue weighted by molar-refractivity contribution is 0.506. The molecule has 1 unspecified atom stereocenters. The van der Waals surface area contributed by atoms with Crippen molar-refractivity contribution in [2.24, 2.45) is 5.92 Å². The van der Waals surface area contributed by atoms with Gasteiger partial charge in [0.2, 0.25) is 10.0 Å². The van der Waals surface area contributed by atoms with Gasteiger partial charge >= 0.3 is 0 Å². The van der Waals surface area contributed by atoms with Crippen molar-refractivity contribution in [2.75, 3.05) is 6.26 Å². The Bertz CT molecular complexity index is 219. The Kier molecular flexibility index (Phi) is 2.54. The molecule has 0 aromatic carbocycles. The normalized spacial score (nSPS) is 21.6. The molecule has 0 spiro atoms. The standard InChI is InChI=1S/C7H15NO2S/c1-3-7(6-4-5-6)8-11(2,9)10/h6-8H,3-5H2,1-2H3. The van der Waals surface area contributed by atoms with Crippen molar-refractivity contribution in [3.05, 3.63) is 0 Å². The predicted octanol–water partition coefficient (Wildman–Crippen LogP) is 0.724. The Morgan fingerprint density at radius 2 is 2.09 bits per heavy atom. The lowest BCUT2D eigenvalue weighted by Gasteiger charge is -2.13. The highest BCUT2D eigenvalue weighted by Gasteiger charge is 2.31. The summed E-state index contributed by atoms with van der Waals surface area (Å²) in [5.41, 5.74) is 0. The van der Waals surface area contributed by atoms with Crippen LogP contribution in [0.15, 0.2) is 0 Å². The van der Waals surface area contributed by atoms with Gasteiger partial charge in [-0.05, 0) is 25.2 Å². The monoisotopic (exact) mass is 177 g/mol. The summed E-state index contributed by atoms with van der Waals surface area (Å²) in [7, 11) is -2.99. The van der Waals surface area contributed by atoms with E-state index in [9.17, 15) is 8.42 Å². The van der Waals surface area contributed by atoms with E-state index in [-0.39, 0.29) is 6.04 Å². The van der Waals surface area contributed by atoms with Crippen LogP contribution < -0.4 is 4.72 Å². The van der Waals surface area contributed by atoms with E-state index in [0.717, 1.165) is 6.42 Å². The minimum Gasteiger partial charge on any atom is -0.213 e. The van der Waals surface area contributed by atoms with Gasteiger partial charge in [0.15, 0.2) is 0 Å². The molecule has 0 heterocycles. The van der Waals surface area contributed by atoms with Crippen molar-refractivity contribution in [2.45, 2.75) is 32.2 Å². The molecule has 1 saturated carbocycles. The Balaban J connectivity index is 2.43. The van der Waals surface area contributed by atoms with Gasteiger partial charge in [-0.1, -0.05) is 6.92 Å². The summed E-state index contributed by atoms with van der Waals surface area (Å²) in [5, 5.41) is 0. The molecule has 0 aromatic rings. The predicted molar refractivity (Wildman–Crippen MR) is 44.8 cm³/mol. The van der Waals surface area contributed by atoms with Gasteiger partial charge in [0.05, 0.1) is 6.26 Å². The van der Waals surface area contributed by atoms with Crippen molar-refractivity contribution < 1.29 is 8.42 Å². The summed E-state index contributed by atoms with van der Waals surface area (Å²) >= 11 is 0. The average Bonchev–Trinajstić information content (AvgIpc) is 2.61. The van der Waals surface area contributed by atoms with Crippen molar-refractivity contribution in [1.82, 2.24) is 4.72 Å². The Morgan fingerprint density at radius 3 is 2.36 bits per heavy atom. The van der Waals surface area contributed by atoms with Gasteiger partial charge in [0, 0.05) is 6.04 Å². The van der Waals surface area contributed by atoms with Crippen molar-refractivity contribution >= 4 is 10.0 Å². The summed E-state index contributed by atoms with van der Waals surface area (Å²) < 4.78 is 24.3. The highest BCUT2D eigenvalue weighted by Crippen LogP contribution is 2.34. The third-order valence-corrected chi connectivity index (χ3v) is 2.73. The van der Waals surface area contributed by atoms with Gasteiger partial charge in [-0.25, -0.2) is 13.1 Å². The summed E-state index contributed by atoms with van der Waals surface area (Å²) in [6, 6.07) is 0.185. The Hall–Kier alpha value is -0.0900. The quantitative estimate of drug-likeness (QED) is 0.688. The van der Waals surface area contributed by atoms with Crippen LogP contribution in [0.5, 0.6) is 0 Å². The number of sulfonamides is 1. The minimum atomic E-state index is -2.99. The first-order valence-corrected chi connectivity index (χ1v) is 5.89. The lowest BCUT2D eigenvalue weighted by Crippen LogP contribution is -2.34. The van der Waals surface area contributed by atoms with Gasteiger partial charge in [-0.2, -0.15) is 0 Å². The molecule has 11 heavy (non-hydrogen) atoms. The van der Waals surface area contributed by atoms with Crippen LogP contribution >= 0.6 is 0 Å². The molecule has 0 radical (unpaired) electrons. The van der Waals surface area contributed by atoms with Crippen LogP contribution in [0.25, 0.3) is 0 Å². The summed E-state index contributed by atoms with van der Waals surface area (Å²) in [4.78, 5) is 0. The van der Waals surface area contributed by atoms with Gasteiger partial charge in [0.25, 0.3) is 0 Å². The van der Waals surface area contributed by atoms with Crippen molar-refractivity contribution in [1.29, 1.82) is 0 Å². The van der Waals surface area contributed by atoms with Crippen molar-refractivity contribution in [3.63, 3.8) is 0 Å². The average molecular weight is 177 g/mol. The highest BCUT2D eigenvalue weighted by molar-refractivity contribution is 7.88. The lowest BCUT2D eigenvalue weighted by atomic mass is 10.1. The molecule has 0 saturated heterocycles. The van der Waals surface area contributed by atoms with E-state index in [4.69, 9.17) is 0 Å². The molecule has 0 bridgehead atoms. The highest BCUT2D eigenvalue weighted by atomic mass is 32.2. The largest absolute Gasteiger partial charge is 0.213 e. The number of hydrogen-bond donors (Lipinski definition) is 1. The SMILES string of the molecule is CCC(NS(C)(=O)=O)C1CC1. The zero-order chi connectivity index (χ0) is 8.48. The zero-order valence-electron chi connectivity index (χ0n) is 7.00. The molecule has 66 valence electrons. The molecule has 1 rings (SSSR count). The van der Waals surface area contributed by atoms with E-state index in [1.165, 1.54) is 19.1 Å². The molecule has 1 aliphatic carbocycles. The van der Waals surface area contributed by atoms with Crippen LogP contribution in [-0.2, 0) is 10.0 Å². The van der Waals surface area contributed by atoms with Gasteiger partial charge < -0.3 is 0 Å².